The van der Waals surface area contributed by atoms with Crippen molar-refractivity contribution in [3.63, 3.8) is 0 Å². The van der Waals surface area contributed by atoms with E-state index in [2.05, 4.69) is 24.1 Å². The molecular weight excluding hydrogens is 702 g/mol. The van der Waals surface area contributed by atoms with Gasteiger partial charge < -0.3 is 38.6 Å². The van der Waals surface area contributed by atoms with E-state index >= 15 is 0 Å². The quantitative estimate of drug-likeness (QED) is 0.0738. The van der Waals surface area contributed by atoms with Crippen LogP contribution < -0.4 is 15.9 Å². The van der Waals surface area contributed by atoms with Gasteiger partial charge in [-0.2, -0.15) is 0 Å². The molecule has 0 unspecified atom stereocenters. The topological polar surface area (TPSA) is 209 Å². The number of cyclic esters (lactones) is 2. The number of carboxylic acids is 1. The Morgan fingerprint density at radius 1 is 0.926 bits per heavy atom. The second-order valence-corrected chi connectivity index (χ2v) is 13.2. The molecule has 1 aromatic carbocycles. The predicted molar refractivity (Wildman–Crippen MR) is 194 cm³/mol. The number of Topliss-reactive ketones (excluding diaryl/α,β-unsaturated/α-hetero) is 1. The van der Waals surface area contributed by atoms with Gasteiger partial charge in [0, 0.05) is 19.3 Å². The standard InChI is InChI=1S/C40H51NO13/c1-3-5-7-10-13-16-29(42)17-14-11-8-9-12-15-18-31-36(44)41-32(24-28-19-21-30(22-20-28)50-23-6-4-2)37(45)52-27-34-33(53-39(48)54-34)26-51-35(43)25-40(31,49)38(46)47/h15,18-22,31-32,49H,3,5,7-14,16-17,23-27H2,1-2H3,(H,41,44)(H,46,47)/b18-15+/t31-,32+,40+/m1/s1. The number of unbranched alkanes of at least 4 members (excludes halogenated alkanes) is 8. The molecule has 0 radical (unpaired) electrons. The number of ketones is 1. The molecule has 3 atom stereocenters. The van der Waals surface area contributed by atoms with Crippen LogP contribution in [0.2, 0.25) is 0 Å². The van der Waals surface area contributed by atoms with Crippen molar-refractivity contribution in [3.05, 3.63) is 64.1 Å². The molecule has 14 nitrogen and oxygen atoms in total. The van der Waals surface area contributed by atoms with Gasteiger partial charge in [-0.1, -0.05) is 75.7 Å². The number of ether oxygens (including phenoxy) is 3. The lowest BCUT2D eigenvalue weighted by Crippen LogP contribution is -2.55. The maximum atomic E-state index is 13.9. The number of carbonyl (C=O) groups is 5. The fourth-order valence-corrected chi connectivity index (χ4v) is 5.82. The molecule has 3 N–H and O–H groups in total. The minimum atomic E-state index is -3.01. The van der Waals surface area contributed by atoms with Gasteiger partial charge in [0.15, 0.2) is 30.3 Å². The van der Waals surface area contributed by atoms with Gasteiger partial charge in [0.1, 0.15) is 24.2 Å². The Morgan fingerprint density at radius 2 is 1.56 bits per heavy atom. The van der Waals surface area contributed by atoms with Crippen LogP contribution in [0.1, 0.15) is 114 Å². The van der Waals surface area contributed by atoms with E-state index < -0.39 is 66.8 Å². The number of nitrogens with one attached hydrogen (secondary N) is 1. The Labute approximate surface area is 314 Å². The van der Waals surface area contributed by atoms with Crippen LogP contribution >= 0.6 is 0 Å². The van der Waals surface area contributed by atoms with E-state index in [4.69, 9.17) is 23.0 Å². The molecule has 294 valence electrons. The maximum Gasteiger partial charge on any atom is 0.519 e. The number of carboxylic acid groups (broad SMARTS) is 1. The van der Waals surface area contributed by atoms with Crippen LogP contribution in [0.15, 0.2) is 50.0 Å². The van der Waals surface area contributed by atoms with Crippen molar-refractivity contribution in [2.75, 3.05) is 6.61 Å². The number of allylic oxidation sites excluding steroid dienone is 1. The predicted octanol–water partition coefficient (Wildman–Crippen LogP) is 5.11. The molecule has 54 heavy (non-hydrogen) atoms. The van der Waals surface area contributed by atoms with Crippen LogP contribution in [0.25, 0.3) is 0 Å². The van der Waals surface area contributed by atoms with Crippen LogP contribution in [0.3, 0.4) is 0 Å². The van der Waals surface area contributed by atoms with E-state index in [1.54, 1.807) is 31.2 Å². The zero-order valence-electron chi connectivity index (χ0n) is 31.0. The molecule has 1 aromatic heterocycles. The van der Waals surface area contributed by atoms with Gasteiger partial charge in [-0.05, 0) is 50.3 Å². The summed E-state index contributed by atoms with van der Waals surface area (Å²) in [5.41, 5.74) is -2.45. The van der Waals surface area contributed by atoms with Crippen LogP contribution in [-0.2, 0) is 53.1 Å². The Hall–Kier alpha value is -5.16. The van der Waals surface area contributed by atoms with Gasteiger partial charge in [-0.15, -0.1) is 5.92 Å². The second-order valence-electron chi connectivity index (χ2n) is 13.2. The van der Waals surface area contributed by atoms with Crippen molar-refractivity contribution in [2.24, 2.45) is 5.92 Å². The third-order valence-corrected chi connectivity index (χ3v) is 8.93. The number of esters is 2. The summed E-state index contributed by atoms with van der Waals surface area (Å²) in [4.78, 5) is 76.7. The highest BCUT2D eigenvalue weighted by atomic mass is 16.6. The average molecular weight is 754 g/mol. The molecule has 2 aromatic rings. The summed E-state index contributed by atoms with van der Waals surface area (Å²) in [7, 11) is 0. The number of hydrogen-bond acceptors (Lipinski definition) is 12. The molecule has 1 amide bonds. The highest BCUT2D eigenvalue weighted by Crippen LogP contribution is 2.27. The number of amides is 1. The Bertz CT molecular complexity index is 1690. The van der Waals surface area contributed by atoms with Crippen LogP contribution in [0.4, 0.5) is 0 Å². The van der Waals surface area contributed by atoms with Crippen LogP contribution in [-0.4, -0.2) is 58.1 Å². The van der Waals surface area contributed by atoms with Gasteiger partial charge in [0.2, 0.25) is 5.91 Å². The minimum Gasteiger partial charge on any atom is -0.481 e. The molecule has 3 rings (SSSR count). The molecule has 14 heteroatoms. The second kappa shape index (κ2) is 22.8. The monoisotopic (exact) mass is 753 g/mol. The Balaban J connectivity index is 1.77. The van der Waals surface area contributed by atoms with E-state index in [9.17, 15) is 39.0 Å². The molecule has 2 heterocycles. The number of aliphatic hydroxyl groups is 1. The minimum absolute atomic E-state index is 0.132. The maximum absolute atomic E-state index is 13.9. The summed E-state index contributed by atoms with van der Waals surface area (Å²) >= 11 is 0. The van der Waals surface area contributed by atoms with E-state index in [0.29, 0.717) is 37.0 Å². The van der Waals surface area contributed by atoms with Crippen molar-refractivity contribution in [1.82, 2.24) is 5.32 Å². The largest absolute Gasteiger partial charge is 0.519 e. The molecule has 0 spiro atoms. The van der Waals surface area contributed by atoms with E-state index in [1.807, 2.05) is 0 Å². The SMILES string of the molecule is CC#CCOc1ccc(C[C@@H]2NC(=O)[C@@H](/C=C/CCCCCCC(=O)CCCCCCC)[C@](O)(C(=O)O)CC(=O)OCc3oc(=O)oc3COC2=O)cc1. The van der Waals surface area contributed by atoms with Gasteiger partial charge in [0.05, 0.1) is 12.3 Å². The molecule has 0 saturated carbocycles. The van der Waals surface area contributed by atoms with Crippen molar-refractivity contribution < 1.29 is 57.2 Å². The summed E-state index contributed by atoms with van der Waals surface area (Å²) in [6.45, 7) is 2.69. The lowest BCUT2D eigenvalue weighted by molar-refractivity contribution is -0.174. The summed E-state index contributed by atoms with van der Waals surface area (Å²) in [6, 6.07) is 5.17. The van der Waals surface area contributed by atoms with Crippen LogP contribution in [0.5, 0.6) is 5.75 Å². The lowest BCUT2D eigenvalue weighted by atomic mass is 9.82. The number of hydrogen-bond donors (Lipinski definition) is 3. The zero-order chi connectivity index (χ0) is 39.3. The molecule has 1 aliphatic heterocycles. The van der Waals surface area contributed by atoms with Gasteiger partial charge in [-0.3, -0.25) is 14.4 Å². The molecular formula is C40H51NO13. The molecule has 0 fully saturated rings. The Morgan fingerprint density at radius 3 is 2.19 bits per heavy atom. The summed E-state index contributed by atoms with van der Waals surface area (Å²) in [5, 5.41) is 24.1. The van der Waals surface area contributed by atoms with Crippen molar-refractivity contribution in [1.29, 1.82) is 0 Å². The molecule has 0 aliphatic carbocycles. The first-order chi connectivity index (χ1) is 26.0. The van der Waals surface area contributed by atoms with Gasteiger partial charge in [-0.25, -0.2) is 14.4 Å². The van der Waals surface area contributed by atoms with E-state index in [-0.39, 0.29) is 30.3 Å². The lowest BCUT2D eigenvalue weighted by Gasteiger charge is -2.30. The summed E-state index contributed by atoms with van der Waals surface area (Å²) < 4.78 is 25.8. The van der Waals surface area contributed by atoms with E-state index in [1.165, 1.54) is 18.6 Å². The van der Waals surface area contributed by atoms with Crippen molar-refractivity contribution in [3.8, 4) is 17.6 Å². The first-order valence-corrected chi connectivity index (χ1v) is 18.5. The smallest absolute Gasteiger partial charge is 0.481 e. The Kier molecular flexibility index (Phi) is 18.3. The first-order valence-electron chi connectivity index (χ1n) is 18.5. The average Bonchev–Trinajstić information content (AvgIpc) is 3.50. The zero-order valence-corrected chi connectivity index (χ0v) is 31.0. The number of rotatable bonds is 19. The van der Waals surface area contributed by atoms with Crippen LogP contribution in [0, 0.1) is 17.8 Å². The van der Waals surface area contributed by atoms with Gasteiger partial charge >= 0.3 is 23.7 Å². The summed E-state index contributed by atoms with van der Waals surface area (Å²) in [5.74, 6) is -2.43. The first kappa shape index (κ1) is 43.2. The number of aliphatic carboxylic acids is 1. The third kappa shape index (κ3) is 14.3. The molecule has 0 saturated heterocycles. The number of carbonyl (C=O) groups excluding carboxylic acids is 4. The highest BCUT2D eigenvalue weighted by Gasteiger charge is 2.49. The number of fused-ring (bicyclic) bond motifs is 1. The highest BCUT2D eigenvalue weighted by molar-refractivity contribution is 5.95. The number of benzene rings is 1. The normalized spacial score (nSPS) is 19.4. The van der Waals surface area contributed by atoms with Crippen molar-refractivity contribution >= 4 is 29.6 Å². The molecule has 1 aliphatic rings. The summed E-state index contributed by atoms with van der Waals surface area (Å²) in [6.07, 6.45) is 11.5. The fraction of sp³-hybridized carbons (Fsp3) is 0.550. The van der Waals surface area contributed by atoms with Crippen molar-refractivity contribution in [2.45, 2.75) is 129 Å². The fourth-order valence-electron chi connectivity index (χ4n) is 5.82. The van der Waals surface area contributed by atoms with Gasteiger partial charge in [0.25, 0.3) is 0 Å². The molecule has 0 bridgehead atoms. The third-order valence-electron chi connectivity index (χ3n) is 8.93. The van der Waals surface area contributed by atoms with E-state index in [0.717, 1.165) is 44.9 Å².